The molecular weight excluding hydrogens is 230 g/mol. The molecular formula is C14H21NO3. The number of hydrogen-bond donors (Lipinski definition) is 2. The van der Waals surface area contributed by atoms with Crippen LogP contribution in [-0.2, 0) is 4.79 Å². The number of carboxylic acid groups (broad SMARTS) is 1. The smallest absolute Gasteiger partial charge is 0.303 e. The number of phenols is 1. The van der Waals surface area contributed by atoms with Crippen LogP contribution in [0, 0.1) is 6.92 Å². The lowest BCUT2D eigenvalue weighted by Crippen LogP contribution is -2.24. The Morgan fingerprint density at radius 2 is 2.06 bits per heavy atom. The van der Waals surface area contributed by atoms with Crippen LogP contribution in [0.3, 0.4) is 0 Å². The summed E-state index contributed by atoms with van der Waals surface area (Å²) in [7, 11) is 0. The number of nitrogens with zero attached hydrogens (tertiary/aromatic N) is 1. The summed E-state index contributed by atoms with van der Waals surface area (Å²) in [6.45, 7) is 5.72. The lowest BCUT2D eigenvalue weighted by Gasteiger charge is -2.25. The van der Waals surface area contributed by atoms with Gasteiger partial charge in [-0.1, -0.05) is 6.07 Å². The van der Waals surface area contributed by atoms with E-state index in [1.165, 1.54) is 0 Å². The molecule has 4 nitrogen and oxygen atoms in total. The fourth-order valence-electron chi connectivity index (χ4n) is 1.97. The topological polar surface area (TPSA) is 60.8 Å². The number of aryl methyl sites for hydroxylation is 1. The molecule has 0 saturated heterocycles. The lowest BCUT2D eigenvalue weighted by atomic mass is 10.1. The van der Waals surface area contributed by atoms with E-state index < -0.39 is 5.97 Å². The number of carboxylic acids is 1. The Hall–Kier alpha value is -1.71. The van der Waals surface area contributed by atoms with Gasteiger partial charge in [0.2, 0.25) is 0 Å². The monoisotopic (exact) mass is 251 g/mol. The van der Waals surface area contributed by atoms with Gasteiger partial charge in [-0.05, 0) is 38.3 Å². The highest BCUT2D eigenvalue weighted by Crippen LogP contribution is 2.25. The second-order valence-corrected chi connectivity index (χ2v) is 4.40. The number of phenolic OH excluding ortho intramolecular Hbond substituents is 1. The Balaban J connectivity index is 2.59. The van der Waals surface area contributed by atoms with E-state index in [-0.39, 0.29) is 12.2 Å². The lowest BCUT2D eigenvalue weighted by molar-refractivity contribution is -0.137. The minimum atomic E-state index is -0.744. The Morgan fingerprint density at radius 1 is 1.33 bits per heavy atom. The molecule has 0 aliphatic rings. The first-order valence-electron chi connectivity index (χ1n) is 6.31. The van der Waals surface area contributed by atoms with Gasteiger partial charge in [0.15, 0.2) is 0 Å². The van der Waals surface area contributed by atoms with E-state index >= 15 is 0 Å². The molecule has 0 aliphatic heterocycles. The summed E-state index contributed by atoms with van der Waals surface area (Å²) >= 11 is 0. The van der Waals surface area contributed by atoms with E-state index in [4.69, 9.17) is 5.11 Å². The molecule has 18 heavy (non-hydrogen) atoms. The maximum Gasteiger partial charge on any atom is 0.303 e. The number of aromatic hydroxyl groups is 1. The summed E-state index contributed by atoms with van der Waals surface area (Å²) < 4.78 is 0. The standard InChI is InChI=1S/C14H21NO3/c1-3-15(9-5-4-6-14(17)18)13-10-12(16)8-7-11(13)2/h7-8,10,16H,3-6,9H2,1-2H3,(H,17,18). The molecule has 100 valence electrons. The molecule has 1 aromatic carbocycles. The third-order valence-electron chi connectivity index (χ3n) is 2.98. The Kier molecular flexibility index (Phi) is 5.49. The van der Waals surface area contributed by atoms with Gasteiger partial charge in [-0.25, -0.2) is 0 Å². The van der Waals surface area contributed by atoms with Crippen molar-refractivity contribution in [2.45, 2.75) is 33.1 Å². The molecule has 0 unspecified atom stereocenters. The van der Waals surface area contributed by atoms with Crippen LogP contribution in [0.4, 0.5) is 5.69 Å². The second kappa shape index (κ2) is 6.89. The van der Waals surface area contributed by atoms with Gasteiger partial charge in [0.05, 0.1) is 0 Å². The average Bonchev–Trinajstić information content (AvgIpc) is 2.33. The number of unbranched alkanes of at least 4 members (excludes halogenated alkanes) is 1. The Bertz CT molecular complexity index is 404. The summed E-state index contributed by atoms with van der Waals surface area (Å²) in [6.07, 6.45) is 1.75. The molecule has 1 rings (SSSR count). The normalized spacial score (nSPS) is 10.3. The SMILES string of the molecule is CCN(CCCCC(=O)O)c1cc(O)ccc1C. The fourth-order valence-corrected chi connectivity index (χ4v) is 1.97. The molecule has 0 heterocycles. The second-order valence-electron chi connectivity index (χ2n) is 4.40. The molecule has 0 bridgehead atoms. The van der Waals surface area contributed by atoms with Crippen molar-refractivity contribution in [3.8, 4) is 5.75 Å². The predicted molar refractivity (Wildman–Crippen MR) is 72.2 cm³/mol. The number of anilines is 1. The van der Waals surface area contributed by atoms with Crippen LogP contribution in [0.25, 0.3) is 0 Å². The highest BCUT2D eigenvalue weighted by molar-refractivity contribution is 5.66. The van der Waals surface area contributed by atoms with Gasteiger partial charge < -0.3 is 15.1 Å². The zero-order valence-electron chi connectivity index (χ0n) is 11.0. The number of aliphatic carboxylic acids is 1. The first-order valence-corrected chi connectivity index (χ1v) is 6.31. The van der Waals surface area contributed by atoms with E-state index in [2.05, 4.69) is 11.8 Å². The van der Waals surface area contributed by atoms with Crippen molar-refractivity contribution < 1.29 is 15.0 Å². The highest BCUT2D eigenvalue weighted by Gasteiger charge is 2.08. The average molecular weight is 251 g/mol. The highest BCUT2D eigenvalue weighted by atomic mass is 16.4. The quantitative estimate of drug-likeness (QED) is 0.731. The number of benzene rings is 1. The molecule has 0 aromatic heterocycles. The third kappa shape index (κ3) is 4.28. The van der Waals surface area contributed by atoms with Gasteiger partial charge in [0.25, 0.3) is 0 Å². The molecule has 0 aliphatic carbocycles. The number of rotatable bonds is 7. The number of carbonyl (C=O) groups is 1. The Morgan fingerprint density at radius 3 is 2.67 bits per heavy atom. The van der Waals surface area contributed by atoms with Crippen LogP contribution >= 0.6 is 0 Å². The zero-order valence-corrected chi connectivity index (χ0v) is 11.0. The van der Waals surface area contributed by atoms with Crippen LogP contribution in [0.2, 0.25) is 0 Å². The van der Waals surface area contributed by atoms with Crippen LogP contribution in [0.5, 0.6) is 5.75 Å². The summed E-state index contributed by atoms with van der Waals surface area (Å²) in [5.41, 5.74) is 2.14. The summed E-state index contributed by atoms with van der Waals surface area (Å²) in [5, 5.41) is 18.1. The minimum absolute atomic E-state index is 0.219. The van der Waals surface area contributed by atoms with Gasteiger partial charge in [0, 0.05) is 31.3 Å². The van der Waals surface area contributed by atoms with Gasteiger partial charge in [-0.3, -0.25) is 4.79 Å². The summed E-state index contributed by atoms with van der Waals surface area (Å²) in [5.74, 6) is -0.480. The Labute approximate surface area is 108 Å². The minimum Gasteiger partial charge on any atom is -0.508 e. The molecule has 4 heteroatoms. The molecule has 2 N–H and O–H groups in total. The first kappa shape index (κ1) is 14.4. The molecule has 0 saturated carbocycles. The van der Waals surface area contributed by atoms with Crippen molar-refractivity contribution in [2.75, 3.05) is 18.0 Å². The van der Waals surface area contributed by atoms with Crippen LogP contribution in [0.1, 0.15) is 31.7 Å². The molecule has 0 spiro atoms. The maximum absolute atomic E-state index is 10.4. The first-order chi connectivity index (χ1) is 8.54. The van der Waals surface area contributed by atoms with Crippen molar-refractivity contribution in [3.63, 3.8) is 0 Å². The van der Waals surface area contributed by atoms with Crippen molar-refractivity contribution in [2.24, 2.45) is 0 Å². The zero-order chi connectivity index (χ0) is 13.5. The van der Waals surface area contributed by atoms with Gasteiger partial charge in [-0.2, -0.15) is 0 Å². The molecule has 0 radical (unpaired) electrons. The van der Waals surface area contributed by atoms with Gasteiger partial charge in [-0.15, -0.1) is 0 Å². The van der Waals surface area contributed by atoms with Gasteiger partial charge in [0.1, 0.15) is 5.75 Å². The number of hydrogen-bond acceptors (Lipinski definition) is 3. The van der Waals surface area contributed by atoms with Crippen molar-refractivity contribution in [1.82, 2.24) is 0 Å². The fraction of sp³-hybridized carbons (Fsp3) is 0.500. The van der Waals surface area contributed by atoms with Crippen LogP contribution in [-0.4, -0.2) is 29.3 Å². The summed E-state index contributed by atoms with van der Waals surface area (Å²) in [4.78, 5) is 12.6. The predicted octanol–water partition coefficient (Wildman–Crippen LogP) is 2.78. The van der Waals surface area contributed by atoms with Crippen molar-refractivity contribution in [3.05, 3.63) is 23.8 Å². The third-order valence-corrected chi connectivity index (χ3v) is 2.98. The maximum atomic E-state index is 10.4. The molecule has 0 atom stereocenters. The molecule has 0 amide bonds. The molecule has 0 fully saturated rings. The van der Waals surface area contributed by atoms with E-state index in [9.17, 15) is 9.90 Å². The largest absolute Gasteiger partial charge is 0.508 e. The van der Waals surface area contributed by atoms with Crippen molar-refractivity contribution >= 4 is 11.7 Å². The van der Waals surface area contributed by atoms with E-state index in [0.29, 0.717) is 6.42 Å². The van der Waals surface area contributed by atoms with Gasteiger partial charge >= 0.3 is 5.97 Å². The molecule has 1 aromatic rings. The van der Waals surface area contributed by atoms with Crippen molar-refractivity contribution in [1.29, 1.82) is 0 Å². The van der Waals surface area contributed by atoms with E-state index in [1.54, 1.807) is 12.1 Å². The summed E-state index contributed by atoms with van der Waals surface area (Å²) in [6, 6.07) is 5.33. The van der Waals surface area contributed by atoms with E-state index in [1.807, 2.05) is 13.0 Å². The van der Waals surface area contributed by atoms with E-state index in [0.717, 1.165) is 30.8 Å². The van der Waals surface area contributed by atoms with Crippen LogP contribution < -0.4 is 4.90 Å². The van der Waals surface area contributed by atoms with Crippen LogP contribution in [0.15, 0.2) is 18.2 Å².